The molecule has 4 nitrogen and oxygen atoms in total. The third-order valence-corrected chi connectivity index (χ3v) is 2.63. The van der Waals surface area contributed by atoms with Crippen LogP contribution in [0.4, 0.5) is 0 Å². The SMILES string of the molecule is CC(C(=O)O)C(C)(Br)C(=O)O. The summed E-state index contributed by atoms with van der Waals surface area (Å²) in [5.41, 5.74) is 0. The molecule has 2 unspecified atom stereocenters. The molecule has 2 N–H and O–H groups in total. The van der Waals surface area contributed by atoms with Crippen LogP contribution < -0.4 is 0 Å². The Morgan fingerprint density at radius 1 is 1.45 bits per heavy atom. The fourth-order valence-corrected chi connectivity index (χ4v) is 0.613. The molecule has 0 rings (SSSR count). The second-order valence-electron chi connectivity index (χ2n) is 2.44. The molecule has 2 atom stereocenters. The van der Waals surface area contributed by atoms with Gasteiger partial charge in [0.2, 0.25) is 0 Å². The molecule has 5 heteroatoms. The van der Waals surface area contributed by atoms with E-state index in [0.29, 0.717) is 0 Å². The molecule has 0 aliphatic carbocycles. The van der Waals surface area contributed by atoms with Crippen molar-refractivity contribution in [2.45, 2.75) is 18.2 Å². The maximum Gasteiger partial charge on any atom is 0.321 e. The highest BCUT2D eigenvalue weighted by Gasteiger charge is 2.40. The highest BCUT2D eigenvalue weighted by molar-refractivity contribution is 9.10. The van der Waals surface area contributed by atoms with Gasteiger partial charge in [-0.15, -0.1) is 0 Å². The van der Waals surface area contributed by atoms with Crippen molar-refractivity contribution in [3.05, 3.63) is 0 Å². The number of carboxylic acids is 2. The summed E-state index contributed by atoms with van der Waals surface area (Å²) in [4.78, 5) is 20.8. The van der Waals surface area contributed by atoms with Crippen LogP contribution in [0.25, 0.3) is 0 Å². The van der Waals surface area contributed by atoms with Crippen LogP contribution in [0.15, 0.2) is 0 Å². The summed E-state index contributed by atoms with van der Waals surface area (Å²) in [6.07, 6.45) is 0. The Kier molecular flexibility index (Phi) is 3.04. The molecule has 0 fully saturated rings. The van der Waals surface area contributed by atoms with Crippen LogP contribution in [0.5, 0.6) is 0 Å². The summed E-state index contributed by atoms with van der Waals surface area (Å²) in [5.74, 6) is -3.26. The largest absolute Gasteiger partial charge is 0.481 e. The molecule has 0 saturated carbocycles. The van der Waals surface area contributed by atoms with Gasteiger partial charge in [-0.2, -0.15) is 0 Å². The second-order valence-corrected chi connectivity index (χ2v) is 4.09. The van der Waals surface area contributed by atoms with Gasteiger partial charge in [-0.25, -0.2) is 0 Å². The molecule has 0 aromatic rings. The van der Waals surface area contributed by atoms with Crippen LogP contribution >= 0.6 is 15.9 Å². The second kappa shape index (κ2) is 3.21. The van der Waals surface area contributed by atoms with Crippen LogP contribution in [0.2, 0.25) is 0 Å². The van der Waals surface area contributed by atoms with E-state index in [2.05, 4.69) is 15.9 Å². The minimum atomic E-state index is -1.39. The normalized spacial score (nSPS) is 18.5. The standard InChI is InChI=1S/C6H9BrO4/c1-3(4(8)9)6(2,7)5(10)11/h3H,1-2H3,(H,8,9)(H,10,11). The predicted octanol–water partition coefficient (Wildman–Crippen LogP) is 0.945. The average Bonchev–Trinajstić information content (AvgIpc) is 1.85. The number of halogens is 1. The van der Waals surface area contributed by atoms with Gasteiger partial charge in [0, 0.05) is 0 Å². The number of hydrogen-bond donors (Lipinski definition) is 2. The Morgan fingerprint density at radius 3 is 1.91 bits per heavy atom. The zero-order valence-electron chi connectivity index (χ0n) is 6.17. The highest BCUT2D eigenvalue weighted by Crippen LogP contribution is 2.27. The average molecular weight is 225 g/mol. The van der Waals surface area contributed by atoms with E-state index in [1.807, 2.05) is 0 Å². The Balaban J connectivity index is 4.55. The molecule has 0 heterocycles. The van der Waals surface area contributed by atoms with Gasteiger partial charge in [-0.3, -0.25) is 9.59 Å². The number of rotatable bonds is 3. The Labute approximate surface area is 72.3 Å². The lowest BCUT2D eigenvalue weighted by atomic mass is 9.96. The number of alkyl halides is 1. The van der Waals surface area contributed by atoms with Crippen LogP contribution in [0.1, 0.15) is 13.8 Å². The lowest BCUT2D eigenvalue weighted by molar-refractivity contribution is -0.149. The van der Waals surface area contributed by atoms with E-state index in [-0.39, 0.29) is 0 Å². The number of aliphatic carboxylic acids is 2. The fourth-order valence-electron chi connectivity index (χ4n) is 0.417. The van der Waals surface area contributed by atoms with E-state index < -0.39 is 22.2 Å². The highest BCUT2D eigenvalue weighted by atomic mass is 79.9. The molecule has 0 radical (unpaired) electrons. The number of carbonyl (C=O) groups is 2. The van der Waals surface area contributed by atoms with Crippen molar-refractivity contribution in [3.63, 3.8) is 0 Å². The molecule has 0 aromatic heterocycles. The quantitative estimate of drug-likeness (QED) is 0.701. The van der Waals surface area contributed by atoms with E-state index in [0.717, 1.165) is 0 Å². The first-order valence-corrected chi connectivity index (χ1v) is 3.74. The molecule has 64 valence electrons. The van der Waals surface area contributed by atoms with Gasteiger partial charge in [-0.1, -0.05) is 15.9 Å². The van der Waals surface area contributed by atoms with Gasteiger partial charge in [-0.05, 0) is 13.8 Å². The molecule has 0 amide bonds. The van der Waals surface area contributed by atoms with E-state index in [1.54, 1.807) is 0 Å². The Hall–Kier alpha value is -0.580. The van der Waals surface area contributed by atoms with Crippen molar-refractivity contribution in [2.75, 3.05) is 0 Å². The summed E-state index contributed by atoms with van der Waals surface area (Å²) in [6, 6.07) is 0. The topological polar surface area (TPSA) is 74.6 Å². The smallest absolute Gasteiger partial charge is 0.321 e. The minimum absolute atomic E-state index is 0.958. The Bertz CT molecular complexity index is 187. The minimum Gasteiger partial charge on any atom is -0.481 e. The summed E-state index contributed by atoms with van der Waals surface area (Å²) >= 11 is 2.83. The van der Waals surface area contributed by atoms with E-state index in [9.17, 15) is 9.59 Å². The van der Waals surface area contributed by atoms with Gasteiger partial charge in [0.05, 0.1) is 5.92 Å². The Morgan fingerprint density at radius 2 is 1.82 bits per heavy atom. The third-order valence-electron chi connectivity index (χ3n) is 1.60. The zero-order chi connectivity index (χ0) is 9.23. The molecule has 0 bridgehead atoms. The van der Waals surface area contributed by atoms with Crippen LogP contribution in [0, 0.1) is 5.92 Å². The maximum atomic E-state index is 10.5. The van der Waals surface area contributed by atoms with Crippen molar-refractivity contribution in [3.8, 4) is 0 Å². The van der Waals surface area contributed by atoms with E-state index in [4.69, 9.17) is 10.2 Å². The van der Waals surface area contributed by atoms with Gasteiger partial charge in [0.25, 0.3) is 0 Å². The van der Waals surface area contributed by atoms with E-state index >= 15 is 0 Å². The summed E-state index contributed by atoms with van der Waals surface area (Å²) in [5, 5.41) is 17.0. The summed E-state index contributed by atoms with van der Waals surface area (Å²) in [6.45, 7) is 2.65. The number of carboxylic acid groups (broad SMARTS) is 2. The van der Waals surface area contributed by atoms with Crippen LogP contribution in [0.3, 0.4) is 0 Å². The molecule has 0 aromatic carbocycles. The van der Waals surface area contributed by atoms with Crippen molar-refractivity contribution >= 4 is 27.9 Å². The molecular weight excluding hydrogens is 216 g/mol. The first-order valence-electron chi connectivity index (χ1n) is 2.95. The third kappa shape index (κ3) is 2.18. The maximum absolute atomic E-state index is 10.5. The van der Waals surface area contributed by atoms with Crippen molar-refractivity contribution in [1.82, 2.24) is 0 Å². The first-order chi connectivity index (χ1) is 4.80. The number of hydrogen-bond acceptors (Lipinski definition) is 2. The molecule has 0 aliphatic heterocycles. The summed E-state index contributed by atoms with van der Waals surface area (Å²) < 4.78 is -1.39. The first kappa shape index (κ1) is 10.4. The van der Waals surface area contributed by atoms with E-state index in [1.165, 1.54) is 13.8 Å². The van der Waals surface area contributed by atoms with Crippen LogP contribution in [-0.4, -0.2) is 26.5 Å². The van der Waals surface area contributed by atoms with Gasteiger partial charge in [0.15, 0.2) is 0 Å². The lowest BCUT2D eigenvalue weighted by Crippen LogP contribution is -2.39. The van der Waals surface area contributed by atoms with Gasteiger partial charge in [0.1, 0.15) is 4.32 Å². The molecule has 11 heavy (non-hydrogen) atoms. The van der Waals surface area contributed by atoms with Crippen molar-refractivity contribution < 1.29 is 19.8 Å². The van der Waals surface area contributed by atoms with Gasteiger partial charge < -0.3 is 10.2 Å². The zero-order valence-corrected chi connectivity index (χ0v) is 7.75. The van der Waals surface area contributed by atoms with Crippen LogP contribution in [-0.2, 0) is 9.59 Å². The molecular formula is C6H9BrO4. The summed E-state index contributed by atoms with van der Waals surface area (Å²) in [7, 11) is 0. The van der Waals surface area contributed by atoms with Gasteiger partial charge >= 0.3 is 11.9 Å². The fraction of sp³-hybridized carbons (Fsp3) is 0.667. The van der Waals surface area contributed by atoms with Crippen molar-refractivity contribution in [2.24, 2.45) is 5.92 Å². The lowest BCUT2D eigenvalue weighted by Gasteiger charge is -2.20. The molecule has 0 aliphatic rings. The molecule has 0 saturated heterocycles. The monoisotopic (exact) mass is 224 g/mol. The molecule has 0 spiro atoms. The predicted molar refractivity (Wildman–Crippen MR) is 41.8 cm³/mol. The van der Waals surface area contributed by atoms with Crippen molar-refractivity contribution in [1.29, 1.82) is 0 Å².